The molecule has 24 heavy (non-hydrogen) atoms. The summed E-state index contributed by atoms with van der Waals surface area (Å²) in [4.78, 5) is 17.3. The minimum absolute atomic E-state index is 0.0810. The number of hydrogen-bond acceptors (Lipinski definition) is 6. The normalized spacial score (nSPS) is 24.0. The molecule has 3 heterocycles. The average molecular weight is 328 g/mol. The van der Waals surface area contributed by atoms with Crippen molar-refractivity contribution in [1.29, 1.82) is 0 Å². The third-order valence-corrected chi connectivity index (χ3v) is 4.97. The quantitative estimate of drug-likeness (QED) is 0.686. The number of hydrogen-bond donors (Lipinski definition) is 1. The van der Waals surface area contributed by atoms with Gasteiger partial charge in [0.1, 0.15) is 0 Å². The molecule has 0 spiro atoms. The second kappa shape index (κ2) is 6.33. The lowest BCUT2D eigenvalue weighted by atomic mass is 10.1. The molecule has 1 N–H and O–H groups in total. The molecular weight excluding hydrogens is 308 g/mol. The van der Waals surface area contributed by atoms with Crippen LogP contribution in [0.3, 0.4) is 0 Å². The van der Waals surface area contributed by atoms with Gasteiger partial charge in [-0.2, -0.15) is 0 Å². The maximum atomic E-state index is 11.2. The Morgan fingerprint density at radius 3 is 3.17 bits per heavy atom. The molecule has 126 valence electrons. The summed E-state index contributed by atoms with van der Waals surface area (Å²) in [7, 11) is 0. The number of benzene rings is 1. The highest BCUT2D eigenvalue weighted by Crippen LogP contribution is 2.31. The Balaban J connectivity index is 1.51. The molecule has 2 fully saturated rings. The first-order valence-electron chi connectivity index (χ1n) is 8.33. The smallest absolute Gasteiger partial charge is 0.278 e. The predicted octanol–water partition coefficient (Wildman–Crippen LogP) is 2.42. The minimum atomic E-state index is -0.369. The van der Waals surface area contributed by atoms with Crippen LogP contribution in [-0.2, 0) is 4.74 Å². The van der Waals surface area contributed by atoms with Gasteiger partial charge in [0.15, 0.2) is 0 Å². The Morgan fingerprint density at radius 1 is 1.38 bits per heavy atom. The molecule has 0 aliphatic carbocycles. The average Bonchev–Trinajstić information content (AvgIpc) is 3.07. The van der Waals surface area contributed by atoms with Crippen LogP contribution in [0.15, 0.2) is 30.6 Å². The van der Waals surface area contributed by atoms with Crippen molar-refractivity contribution in [2.24, 2.45) is 0 Å². The number of nitrogens with zero attached hydrogens (tertiary/aromatic N) is 3. The van der Waals surface area contributed by atoms with E-state index in [-0.39, 0.29) is 16.7 Å². The van der Waals surface area contributed by atoms with E-state index in [1.165, 1.54) is 18.9 Å². The lowest BCUT2D eigenvalue weighted by Crippen LogP contribution is -2.48. The first-order chi connectivity index (χ1) is 11.7. The van der Waals surface area contributed by atoms with Crippen LogP contribution in [0.25, 0.3) is 10.8 Å². The van der Waals surface area contributed by atoms with E-state index in [1.54, 1.807) is 18.5 Å². The summed E-state index contributed by atoms with van der Waals surface area (Å²) >= 11 is 0. The van der Waals surface area contributed by atoms with Crippen molar-refractivity contribution in [1.82, 2.24) is 9.88 Å². The SMILES string of the molecule is O=[N+]([O-])c1ccc(NC[C@@H]2CN3CCC[C@H]3CO2)c2ccncc12. The van der Waals surface area contributed by atoms with Gasteiger partial charge in [0, 0.05) is 48.7 Å². The molecule has 2 atom stereocenters. The van der Waals surface area contributed by atoms with Gasteiger partial charge in [-0.05, 0) is 31.5 Å². The van der Waals surface area contributed by atoms with Crippen LogP contribution < -0.4 is 5.32 Å². The molecule has 2 aromatic rings. The summed E-state index contributed by atoms with van der Waals surface area (Å²) in [6.07, 6.45) is 5.84. The molecule has 0 radical (unpaired) electrons. The van der Waals surface area contributed by atoms with Gasteiger partial charge in [-0.15, -0.1) is 0 Å². The van der Waals surface area contributed by atoms with Gasteiger partial charge >= 0.3 is 0 Å². The van der Waals surface area contributed by atoms with Crippen molar-refractivity contribution < 1.29 is 9.66 Å². The minimum Gasteiger partial charge on any atom is -0.382 e. The summed E-state index contributed by atoms with van der Waals surface area (Å²) in [6.45, 7) is 3.61. The van der Waals surface area contributed by atoms with Crippen molar-refractivity contribution in [3.8, 4) is 0 Å². The number of morpholine rings is 1. The van der Waals surface area contributed by atoms with Crippen molar-refractivity contribution in [3.05, 3.63) is 40.7 Å². The van der Waals surface area contributed by atoms with Gasteiger partial charge in [0.25, 0.3) is 5.69 Å². The van der Waals surface area contributed by atoms with Gasteiger partial charge in [0.05, 0.1) is 23.0 Å². The van der Waals surface area contributed by atoms with Crippen molar-refractivity contribution in [3.63, 3.8) is 0 Å². The van der Waals surface area contributed by atoms with Gasteiger partial charge in [-0.1, -0.05) is 0 Å². The molecule has 0 unspecified atom stereocenters. The molecule has 2 aliphatic heterocycles. The van der Waals surface area contributed by atoms with E-state index in [0.717, 1.165) is 30.8 Å². The van der Waals surface area contributed by atoms with Crippen LogP contribution in [0.1, 0.15) is 12.8 Å². The van der Waals surface area contributed by atoms with E-state index < -0.39 is 0 Å². The van der Waals surface area contributed by atoms with E-state index in [1.807, 2.05) is 6.07 Å². The first-order valence-corrected chi connectivity index (χ1v) is 8.33. The van der Waals surface area contributed by atoms with Crippen LogP contribution in [0, 0.1) is 10.1 Å². The number of non-ortho nitro benzene ring substituents is 1. The van der Waals surface area contributed by atoms with Crippen LogP contribution in [0.5, 0.6) is 0 Å². The molecule has 0 saturated carbocycles. The van der Waals surface area contributed by atoms with Gasteiger partial charge in [-0.25, -0.2) is 0 Å². The zero-order valence-corrected chi connectivity index (χ0v) is 13.4. The largest absolute Gasteiger partial charge is 0.382 e. The zero-order chi connectivity index (χ0) is 16.5. The molecule has 4 rings (SSSR count). The number of pyridine rings is 1. The molecule has 0 bridgehead atoms. The van der Waals surface area contributed by atoms with Crippen molar-refractivity contribution in [2.45, 2.75) is 25.0 Å². The zero-order valence-electron chi connectivity index (χ0n) is 13.4. The maximum absolute atomic E-state index is 11.2. The van der Waals surface area contributed by atoms with E-state index in [2.05, 4.69) is 15.2 Å². The molecule has 2 saturated heterocycles. The van der Waals surface area contributed by atoms with Gasteiger partial charge in [0.2, 0.25) is 0 Å². The molecule has 2 aliphatic rings. The highest BCUT2D eigenvalue weighted by molar-refractivity contribution is 5.99. The standard InChI is InChI=1S/C17H20N4O3/c22-21(23)17-4-3-16(14-5-6-18-9-15(14)17)19-8-13-10-20-7-1-2-12(20)11-24-13/h3-6,9,12-13,19H,1-2,7-8,10-11H2/t12-,13+/m0/s1. The predicted molar refractivity (Wildman–Crippen MR) is 91.2 cm³/mol. The van der Waals surface area contributed by atoms with Crippen LogP contribution in [-0.4, -0.2) is 53.2 Å². The number of aromatic nitrogens is 1. The summed E-state index contributed by atoms with van der Waals surface area (Å²) in [5.74, 6) is 0. The number of nitro benzene ring substituents is 1. The lowest BCUT2D eigenvalue weighted by Gasteiger charge is -2.35. The Labute approximate surface area is 139 Å². The fourth-order valence-electron chi connectivity index (χ4n) is 3.72. The first kappa shape index (κ1) is 15.3. The third-order valence-electron chi connectivity index (χ3n) is 4.97. The molecule has 1 aromatic carbocycles. The Hall–Kier alpha value is -2.25. The van der Waals surface area contributed by atoms with Crippen molar-refractivity contribution in [2.75, 3.05) is 31.6 Å². The molecule has 0 amide bonds. The number of fused-ring (bicyclic) bond motifs is 2. The number of ether oxygens (including phenoxy) is 1. The fraction of sp³-hybridized carbons (Fsp3) is 0.471. The van der Waals surface area contributed by atoms with E-state index in [9.17, 15) is 10.1 Å². The number of nitrogens with one attached hydrogen (secondary N) is 1. The number of nitro groups is 1. The highest BCUT2D eigenvalue weighted by atomic mass is 16.6. The second-order valence-electron chi connectivity index (χ2n) is 6.44. The highest BCUT2D eigenvalue weighted by Gasteiger charge is 2.32. The maximum Gasteiger partial charge on any atom is 0.278 e. The molecular formula is C17H20N4O3. The summed E-state index contributed by atoms with van der Waals surface area (Å²) in [5.41, 5.74) is 0.961. The van der Waals surface area contributed by atoms with Crippen LogP contribution in [0.4, 0.5) is 11.4 Å². The number of anilines is 1. The van der Waals surface area contributed by atoms with E-state index in [4.69, 9.17) is 4.74 Å². The van der Waals surface area contributed by atoms with Crippen LogP contribution in [0.2, 0.25) is 0 Å². The van der Waals surface area contributed by atoms with Crippen LogP contribution >= 0.6 is 0 Å². The van der Waals surface area contributed by atoms with Gasteiger partial charge in [-0.3, -0.25) is 20.0 Å². The van der Waals surface area contributed by atoms with Gasteiger partial charge < -0.3 is 10.1 Å². The Kier molecular flexibility index (Phi) is 4.03. The van der Waals surface area contributed by atoms with E-state index >= 15 is 0 Å². The number of rotatable bonds is 4. The second-order valence-corrected chi connectivity index (χ2v) is 6.44. The molecule has 1 aromatic heterocycles. The molecule has 7 heteroatoms. The Bertz CT molecular complexity index is 767. The summed E-state index contributed by atoms with van der Waals surface area (Å²) in [6, 6.07) is 5.70. The summed E-state index contributed by atoms with van der Waals surface area (Å²) in [5, 5.41) is 15.9. The third kappa shape index (κ3) is 2.81. The summed E-state index contributed by atoms with van der Waals surface area (Å²) < 4.78 is 5.96. The Morgan fingerprint density at radius 2 is 2.29 bits per heavy atom. The van der Waals surface area contributed by atoms with Crippen molar-refractivity contribution >= 4 is 22.1 Å². The monoisotopic (exact) mass is 328 g/mol. The van der Waals surface area contributed by atoms with E-state index in [0.29, 0.717) is 18.0 Å². The topological polar surface area (TPSA) is 80.5 Å². The lowest BCUT2D eigenvalue weighted by molar-refractivity contribution is -0.383. The fourth-order valence-corrected chi connectivity index (χ4v) is 3.72. The molecule has 7 nitrogen and oxygen atoms in total.